The van der Waals surface area contributed by atoms with Crippen LogP contribution in [0.25, 0.3) is 0 Å². The highest BCUT2D eigenvalue weighted by atomic mass is 79.9. The molecule has 1 amide bonds. The van der Waals surface area contributed by atoms with Crippen molar-refractivity contribution in [1.29, 1.82) is 0 Å². The summed E-state index contributed by atoms with van der Waals surface area (Å²) in [6.45, 7) is 0. The first-order valence-corrected chi connectivity index (χ1v) is 7.12. The van der Waals surface area contributed by atoms with Gasteiger partial charge in [-0.1, -0.05) is 0 Å². The van der Waals surface area contributed by atoms with Crippen LogP contribution in [-0.2, 0) is 9.47 Å². The maximum Gasteiger partial charge on any atom is 0.337 e. The summed E-state index contributed by atoms with van der Waals surface area (Å²) in [5, 5.41) is 2.54. The lowest BCUT2D eigenvalue weighted by Gasteiger charge is -2.08. The van der Waals surface area contributed by atoms with Crippen molar-refractivity contribution in [3.63, 3.8) is 0 Å². The Bertz CT molecular complexity index is 733. The zero-order valence-electron chi connectivity index (χ0n) is 12.2. The fraction of sp³-hybridized carbons (Fsp3) is 0.133. The Labute approximate surface area is 139 Å². The third kappa shape index (κ3) is 3.98. The summed E-state index contributed by atoms with van der Waals surface area (Å²) in [5.41, 5.74) is 0.434. The number of rotatable bonds is 4. The zero-order valence-corrected chi connectivity index (χ0v) is 13.8. The molecular formula is C15H12BrNO6. The zero-order chi connectivity index (χ0) is 17.0. The lowest BCUT2D eigenvalue weighted by Crippen LogP contribution is -2.13. The predicted octanol–water partition coefficient (Wildman–Crippen LogP) is 2.87. The van der Waals surface area contributed by atoms with Crippen molar-refractivity contribution in [1.82, 2.24) is 0 Å². The highest BCUT2D eigenvalue weighted by Crippen LogP contribution is 2.19. The molecule has 0 aliphatic carbocycles. The number of hydrogen-bond donors (Lipinski definition) is 1. The van der Waals surface area contributed by atoms with Gasteiger partial charge in [0.25, 0.3) is 5.91 Å². The van der Waals surface area contributed by atoms with Gasteiger partial charge in [0.1, 0.15) is 0 Å². The Kier molecular flexibility index (Phi) is 5.17. The number of esters is 2. The Morgan fingerprint density at radius 3 is 2.00 bits per heavy atom. The second-order valence-corrected chi connectivity index (χ2v) is 5.12. The first-order chi connectivity index (χ1) is 10.9. The largest absolute Gasteiger partial charge is 0.465 e. The molecule has 7 nitrogen and oxygen atoms in total. The minimum atomic E-state index is -0.646. The van der Waals surface area contributed by atoms with Gasteiger partial charge in [0.15, 0.2) is 10.4 Å². The summed E-state index contributed by atoms with van der Waals surface area (Å²) in [4.78, 5) is 35.4. The van der Waals surface area contributed by atoms with Crippen LogP contribution in [0, 0.1) is 0 Å². The molecule has 0 saturated carbocycles. The van der Waals surface area contributed by atoms with E-state index < -0.39 is 17.8 Å². The van der Waals surface area contributed by atoms with Gasteiger partial charge < -0.3 is 19.2 Å². The molecule has 0 aliphatic rings. The van der Waals surface area contributed by atoms with Crippen LogP contribution in [-0.4, -0.2) is 32.1 Å². The molecule has 0 unspecified atom stereocenters. The summed E-state index contributed by atoms with van der Waals surface area (Å²) in [6, 6.07) is 7.13. The summed E-state index contributed by atoms with van der Waals surface area (Å²) < 4.78 is 14.8. The third-order valence-corrected chi connectivity index (χ3v) is 3.26. The number of carbonyl (C=O) groups is 3. The van der Waals surface area contributed by atoms with Crippen molar-refractivity contribution in [3.05, 3.63) is 51.9 Å². The standard InChI is InChI=1S/C15H12BrNO6/c1-21-14(19)8-5-9(15(20)22-2)7-10(6-8)17-13(18)11-3-4-12(16)23-11/h3-7H,1-2H3,(H,17,18). The second kappa shape index (κ2) is 7.10. The number of halogens is 1. The molecule has 0 spiro atoms. The minimum Gasteiger partial charge on any atom is -0.465 e. The summed E-state index contributed by atoms with van der Waals surface area (Å²) in [6.07, 6.45) is 0. The van der Waals surface area contributed by atoms with E-state index in [2.05, 4.69) is 30.7 Å². The monoisotopic (exact) mass is 381 g/mol. The average Bonchev–Trinajstić information content (AvgIpc) is 2.99. The minimum absolute atomic E-state index is 0.0694. The number of hydrogen-bond acceptors (Lipinski definition) is 6. The molecule has 0 atom stereocenters. The number of ether oxygens (including phenoxy) is 2. The number of nitrogens with one attached hydrogen (secondary N) is 1. The number of benzene rings is 1. The molecule has 8 heteroatoms. The highest BCUT2D eigenvalue weighted by molar-refractivity contribution is 9.10. The Hall–Kier alpha value is -2.61. The van der Waals surface area contributed by atoms with E-state index in [0.717, 1.165) is 0 Å². The summed E-state index contributed by atoms with van der Waals surface area (Å²) in [7, 11) is 2.43. The SMILES string of the molecule is COC(=O)c1cc(NC(=O)c2ccc(Br)o2)cc(C(=O)OC)c1. The lowest BCUT2D eigenvalue weighted by atomic mass is 10.1. The Balaban J connectivity index is 2.34. The van der Waals surface area contributed by atoms with Gasteiger partial charge in [-0.05, 0) is 46.3 Å². The lowest BCUT2D eigenvalue weighted by molar-refractivity contribution is 0.0599. The van der Waals surface area contributed by atoms with Gasteiger partial charge in [-0.15, -0.1) is 0 Å². The quantitative estimate of drug-likeness (QED) is 0.818. The van der Waals surface area contributed by atoms with Crippen molar-refractivity contribution in [2.24, 2.45) is 0 Å². The van der Waals surface area contributed by atoms with Gasteiger partial charge in [-0.3, -0.25) is 4.79 Å². The van der Waals surface area contributed by atoms with Gasteiger partial charge in [-0.2, -0.15) is 0 Å². The Morgan fingerprint density at radius 2 is 1.57 bits per heavy atom. The second-order valence-electron chi connectivity index (χ2n) is 4.34. The molecule has 1 aromatic carbocycles. The van der Waals surface area contributed by atoms with E-state index in [1.807, 2.05) is 0 Å². The smallest absolute Gasteiger partial charge is 0.337 e. The van der Waals surface area contributed by atoms with E-state index in [9.17, 15) is 14.4 Å². The molecule has 0 radical (unpaired) electrons. The van der Waals surface area contributed by atoms with Crippen molar-refractivity contribution >= 4 is 39.5 Å². The van der Waals surface area contributed by atoms with E-state index in [-0.39, 0.29) is 22.6 Å². The third-order valence-electron chi connectivity index (χ3n) is 2.83. The van der Waals surface area contributed by atoms with E-state index in [1.165, 1.54) is 38.5 Å². The van der Waals surface area contributed by atoms with Crippen molar-refractivity contribution in [2.75, 3.05) is 19.5 Å². The fourth-order valence-electron chi connectivity index (χ4n) is 1.80. The number of carbonyl (C=O) groups excluding carboxylic acids is 3. The molecule has 0 fully saturated rings. The molecule has 0 aliphatic heterocycles. The van der Waals surface area contributed by atoms with Crippen LogP contribution in [0.3, 0.4) is 0 Å². The van der Waals surface area contributed by atoms with E-state index in [0.29, 0.717) is 4.67 Å². The molecule has 120 valence electrons. The topological polar surface area (TPSA) is 94.8 Å². The van der Waals surface area contributed by atoms with E-state index >= 15 is 0 Å². The van der Waals surface area contributed by atoms with E-state index in [1.54, 1.807) is 6.07 Å². The number of amides is 1. The molecule has 1 aromatic heterocycles. The highest BCUT2D eigenvalue weighted by Gasteiger charge is 2.16. The van der Waals surface area contributed by atoms with Gasteiger partial charge in [0.2, 0.25) is 0 Å². The number of anilines is 1. The average molecular weight is 382 g/mol. The summed E-state index contributed by atoms with van der Waals surface area (Å²) in [5.74, 6) is -1.76. The maximum absolute atomic E-state index is 12.1. The number of methoxy groups -OCH3 is 2. The molecule has 1 N–H and O–H groups in total. The molecule has 2 rings (SSSR count). The van der Waals surface area contributed by atoms with Crippen LogP contribution in [0.2, 0.25) is 0 Å². The van der Waals surface area contributed by atoms with Crippen LogP contribution in [0.15, 0.2) is 39.4 Å². The molecule has 0 saturated heterocycles. The first-order valence-electron chi connectivity index (χ1n) is 6.33. The molecule has 2 aromatic rings. The normalized spacial score (nSPS) is 10.0. The van der Waals surface area contributed by atoms with Crippen LogP contribution >= 0.6 is 15.9 Å². The molecule has 23 heavy (non-hydrogen) atoms. The van der Waals surface area contributed by atoms with Gasteiger partial charge >= 0.3 is 11.9 Å². The predicted molar refractivity (Wildman–Crippen MR) is 83.5 cm³/mol. The van der Waals surface area contributed by atoms with Crippen LogP contribution in [0.4, 0.5) is 5.69 Å². The van der Waals surface area contributed by atoms with Gasteiger partial charge in [0.05, 0.1) is 25.3 Å². The van der Waals surface area contributed by atoms with E-state index in [4.69, 9.17) is 4.42 Å². The van der Waals surface area contributed by atoms with Crippen molar-refractivity contribution < 1.29 is 28.3 Å². The molecule has 0 bridgehead atoms. The Morgan fingerprint density at radius 1 is 1.00 bits per heavy atom. The maximum atomic E-state index is 12.1. The summed E-state index contributed by atoms with van der Waals surface area (Å²) >= 11 is 3.10. The molecular weight excluding hydrogens is 370 g/mol. The van der Waals surface area contributed by atoms with Crippen LogP contribution < -0.4 is 5.32 Å². The van der Waals surface area contributed by atoms with Crippen molar-refractivity contribution in [2.45, 2.75) is 0 Å². The van der Waals surface area contributed by atoms with Crippen molar-refractivity contribution in [3.8, 4) is 0 Å². The van der Waals surface area contributed by atoms with Gasteiger partial charge in [-0.25, -0.2) is 9.59 Å². The fourth-order valence-corrected chi connectivity index (χ4v) is 2.11. The van der Waals surface area contributed by atoms with Crippen LogP contribution in [0.5, 0.6) is 0 Å². The first kappa shape index (κ1) is 16.8. The van der Waals surface area contributed by atoms with Crippen LogP contribution in [0.1, 0.15) is 31.3 Å². The molecule has 1 heterocycles. The van der Waals surface area contributed by atoms with Gasteiger partial charge in [0, 0.05) is 5.69 Å². The number of furan rings is 1.